The van der Waals surface area contributed by atoms with E-state index in [1.807, 2.05) is 18.7 Å². The quantitative estimate of drug-likeness (QED) is 0.729. The van der Waals surface area contributed by atoms with Gasteiger partial charge in [0.05, 0.1) is 13.2 Å². The van der Waals surface area contributed by atoms with E-state index in [1.165, 1.54) is 0 Å². The van der Waals surface area contributed by atoms with Crippen LogP contribution in [0.15, 0.2) is 0 Å². The normalized spacial score (nSPS) is 17.1. The van der Waals surface area contributed by atoms with Crippen molar-refractivity contribution in [3.8, 4) is 0 Å². The molecule has 0 bridgehead atoms. The van der Waals surface area contributed by atoms with E-state index in [4.69, 9.17) is 4.74 Å². The Balaban J connectivity index is 2.26. The molecule has 0 aliphatic carbocycles. The second kappa shape index (κ2) is 5.47. The minimum atomic E-state index is -0.135. The Morgan fingerprint density at radius 3 is 2.53 bits per heavy atom. The standard InChI is InChI=1S/C11H22N2O2/c1-11(2,9-15-3)12-8-10(14)13-6-4-5-7-13/h12H,4-9H2,1-3H3. The third kappa shape index (κ3) is 4.18. The van der Waals surface area contributed by atoms with Gasteiger partial charge in [0.1, 0.15) is 0 Å². The molecule has 1 aliphatic rings. The van der Waals surface area contributed by atoms with Gasteiger partial charge in [-0.1, -0.05) is 0 Å². The molecule has 0 aromatic carbocycles. The number of carbonyl (C=O) groups is 1. The van der Waals surface area contributed by atoms with Crippen molar-refractivity contribution in [2.24, 2.45) is 0 Å². The van der Waals surface area contributed by atoms with Crippen LogP contribution in [0.5, 0.6) is 0 Å². The zero-order valence-corrected chi connectivity index (χ0v) is 10.0. The van der Waals surface area contributed by atoms with Crippen LogP contribution in [-0.4, -0.2) is 49.7 Å². The maximum absolute atomic E-state index is 11.7. The molecule has 0 unspecified atom stereocenters. The number of methoxy groups -OCH3 is 1. The van der Waals surface area contributed by atoms with Crippen molar-refractivity contribution in [2.45, 2.75) is 32.2 Å². The first kappa shape index (κ1) is 12.5. The molecule has 0 spiro atoms. The van der Waals surface area contributed by atoms with Crippen molar-refractivity contribution in [1.82, 2.24) is 10.2 Å². The Bertz CT molecular complexity index is 211. The molecule has 4 nitrogen and oxygen atoms in total. The number of hydrogen-bond acceptors (Lipinski definition) is 3. The first-order valence-electron chi connectivity index (χ1n) is 5.57. The van der Waals surface area contributed by atoms with Gasteiger partial charge in [-0.2, -0.15) is 0 Å². The summed E-state index contributed by atoms with van der Waals surface area (Å²) in [5.74, 6) is 0.205. The second-order valence-electron chi connectivity index (χ2n) is 4.76. The lowest BCUT2D eigenvalue weighted by Gasteiger charge is -2.26. The Morgan fingerprint density at radius 2 is 2.00 bits per heavy atom. The number of likely N-dealkylation sites (tertiary alicyclic amines) is 1. The average Bonchev–Trinajstić information content (AvgIpc) is 2.67. The summed E-state index contributed by atoms with van der Waals surface area (Å²) in [4.78, 5) is 13.6. The molecule has 0 saturated carbocycles. The van der Waals surface area contributed by atoms with E-state index >= 15 is 0 Å². The molecule has 1 N–H and O–H groups in total. The molecular formula is C11H22N2O2. The maximum atomic E-state index is 11.7. The van der Waals surface area contributed by atoms with Crippen LogP contribution in [0.3, 0.4) is 0 Å². The fourth-order valence-electron chi connectivity index (χ4n) is 1.81. The van der Waals surface area contributed by atoms with Gasteiger partial charge >= 0.3 is 0 Å². The topological polar surface area (TPSA) is 41.6 Å². The van der Waals surface area contributed by atoms with Gasteiger partial charge in [0.2, 0.25) is 5.91 Å². The van der Waals surface area contributed by atoms with Gasteiger partial charge in [0.15, 0.2) is 0 Å². The predicted octanol–water partition coefficient (Wildman–Crippen LogP) is 0.623. The summed E-state index contributed by atoms with van der Waals surface area (Å²) in [6.07, 6.45) is 2.29. The molecule has 1 rings (SSSR count). The van der Waals surface area contributed by atoms with Crippen LogP contribution in [-0.2, 0) is 9.53 Å². The van der Waals surface area contributed by atoms with Crippen molar-refractivity contribution in [3.05, 3.63) is 0 Å². The van der Waals surface area contributed by atoms with Crippen molar-refractivity contribution >= 4 is 5.91 Å². The Labute approximate surface area is 92.0 Å². The lowest BCUT2D eigenvalue weighted by Crippen LogP contribution is -2.48. The first-order chi connectivity index (χ1) is 7.05. The van der Waals surface area contributed by atoms with E-state index in [-0.39, 0.29) is 11.4 Å². The first-order valence-corrected chi connectivity index (χ1v) is 5.57. The molecule has 0 aromatic heterocycles. The van der Waals surface area contributed by atoms with Crippen LogP contribution >= 0.6 is 0 Å². The molecular weight excluding hydrogens is 192 g/mol. The zero-order valence-electron chi connectivity index (χ0n) is 10.0. The number of nitrogens with zero attached hydrogens (tertiary/aromatic N) is 1. The summed E-state index contributed by atoms with van der Waals surface area (Å²) in [5.41, 5.74) is -0.135. The smallest absolute Gasteiger partial charge is 0.236 e. The number of ether oxygens (including phenoxy) is 1. The SMILES string of the molecule is COCC(C)(C)NCC(=O)N1CCCC1. The van der Waals surface area contributed by atoms with Crippen LogP contribution in [0.2, 0.25) is 0 Å². The van der Waals surface area contributed by atoms with E-state index in [1.54, 1.807) is 7.11 Å². The van der Waals surface area contributed by atoms with Gasteiger partial charge in [-0.15, -0.1) is 0 Å². The zero-order chi connectivity index (χ0) is 11.3. The molecule has 15 heavy (non-hydrogen) atoms. The Kier molecular flexibility index (Phi) is 4.54. The van der Waals surface area contributed by atoms with Crippen molar-refractivity contribution < 1.29 is 9.53 Å². The summed E-state index contributed by atoms with van der Waals surface area (Å²) in [6.45, 7) is 6.94. The molecule has 0 aromatic rings. The van der Waals surface area contributed by atoms with E-state index in [9.17, 15) is 4.79 Å². The van der Waals surface area contributed by atoms with Crippen LogP contribution in [0.4, 0.5) is 0 Å². The largest absolute Gasteiger partial charge is 0.383 e. The van der Waals surface area contributed by atoms with Crippen LogP contribution in [0.25, 0.3) is 0 Å². The third-order valence-corrected chi connectivity index (χ3v) is 2.68. The molecule has 4 heteroatoms. The predicted molar refractivity (Wildman–Crippen MR) is 59.8 cm³/mol. The van der Waals surface area contributed by atoms with Crippen molar-refractivity contribution in [3.63, 3.8) is 0 Å². The summed E-state index contributed by atoms with van der Waals surface area (Å²) >= 11 is 0. The summed E-state index contributed by atoms with van der Waals surface area (Å²) in [7, 11) is 1.67. The van der Waals surface area contributed by atoms with E-state index < -0.39 is 0 Å². The van der Waals surface area contributed by atoms with Gasteiger partial charge in [0.25, 0.3) is 0 Å². The fraction of sp³-hybridized carbons (Fsp3) is 0.909. The monoisotopic (exact) mass is 214 g/mol. The van der Waals surface area contributed by atoms with Gasteiger partial charge < -0.3 is 15.0 Å². The highest BCUT2D eigenvalue weighted by Gasteiger charge is 2.22. The van der Waals surface area contributed by atoms with Crippen LogP contribution in [0.1, 0.15) is 26.7 Å². The Hall–Kier alpha value is -0.610. The van der Waals surface area contributed by atoms with Gasteiger partial charge in [-0.05, 0) is 26.7 Å². The lowest BCUT2D eigenvalue weighted by molar-refractivity contribution is -0.129. The fourth-order valence-corrected chi connectivity index (χ4v) is 1.81. The lowest BCUT2D eigenvalue weighted by atomic mass is 10.1. The van der Waals surface area contributed by atoms with Gasteiger partial charge in [0, 0.05) is 25.7 Å². The summed E-state index contributed by atoms with van der Waals surface area (Å²) in [5, 5.41) is 3.22. The molecule has 1 aliphatic heterocycles. The molecule has 1 fully saturated rings. The maximum Gasteiger partial charge on any atom is 0.236 e. The van der Waals surface area contributed by atoms with E-state index in [2.05, 4.69) is 5.32 Å². The number of carbonyl (C=O) groups excluding carboxylic acids is 1. The van der Waals surface area contributed by atoms with Crippen molar-refractivity contribution in [2.75, 3.05) is 33.4 Å². The van der Waals surface area contributed by atoms with Crippen LogP contribution < -0.4 is 5.32 Å². The number of nitrogens with one attached hydrogen (secondary N) is 1. The molecule has 1 heterocycles. The molecule has 0 atom stereocenters. The summed E-state index contributed by atoms with van der Waals surface area (Å²) in [6, 6.07) is 0. The minimum absolute atomic E-state index is 0.135. The van der Waals surface area contributed by atoms with Crippen LogP contribution in [0, 0.1) is 0 Å². The molecule has 0 radical (unpaired) electrons. The highest BCUT2D eigenvalue weighted by Crippen LogP contribution is 2.08. The number of hydrogen-bond donors (Lipinski definition) is 1. The highest BCUT2D eigenvalue weighted by molar-refractivity contribution is 5.78. The highest BCUT2D eigenvalue weighted by atomic mass is 16.5. The number of amides is 1. The Morgan fingerprint density at radius 1 is 1.40 bits per heavy atom. The summed E-state index contributed by atoms with van der Waals surface area (Å²) < 4.78 is 5.08. The second-order valence-corrected chi connectivity index (χ2v) is 4.76. The van der Waals surface area contributed by atoms with Crippen molar-refractivity contribution in [1.29, 1.82) is 0 Å². The molecule has 1 amide bonds. The average molecular weight is 214 g/mol. The molecule has 1 saturated heterocycles. The van der Waals surface area contributed by atoms with Gasteiger partial charge in [-0.3, -0.25) is 4.79 Å². The molecule has 88 valence electrons. The van der Waals surface area contributed by atoms with E-state index in [0.29, 0.717) is 13.2 Å². The third-order valence-electron chi connectivity index (χ3n) is 2.68. The number of rotatable bonds is 5. The van der Waals surface area contributed by atoms with E-state index in [0.717, 1.165) is 25.9 Å². The minimum Gasteiger partial charge on any atom is -0.383 e. The van der Waals surface area contributed by atoms with Gasteiger partial charge in [-0.25, -0.2) is 0 Å².